The molecule has 1 aromatic heterocycles. The molecule has 0 bridgehead atoms. The number of rotatable bonds is 7. The largest absolute Gasteiger partial charge is 0.497 e. The first-order valence-electron chi connectivity index (χ1n) is 10.4. The van der Waals surface area contributed by atoms with Crippen LogP contribution in [0.4, 0.5) is 0 Å². The third-order valence-corrected chi connectivity index (χ3v) is 6.24. The Balaban J connectivity index is 1.41. The Morgan fingerprint density at radius 1 is 1.19 bits per heavy atom. The lowest BCUT2D eigenvalue weighted by atomic mass is 9.71. The van der Waals surface area contributed by atoms with Gasteiger partial charge in [-0.2, -0.15) is 4.98 Å². The molecule has 1 unspecified atom stereocenters. The van der Waals surface area contributed by atoms with E-state index in [0.717, 1.165) is 11.3 Å². The summed E-state index contributed by atoms with van der Waals surface area (Å²) < 4.78 is 15.7. The summed E-state index contributed by atoms with van der Waals surface area (Å²) in [4.78, 5) is 33.3. The second kappa shape index (κ2) is 8.66. The van der Waals surface area contributed by atoms with Crippen molar-refractivity contribution in [1.29, 1.82) is 0 Å². The number of aryl methyl sites for hydroxylation is 2. The number of methoxy groups -OCH3 is 2. The number of nitrogens with zero attached hydrogens (tertiary/aromatic N) is 4. The van der Waals surface area contributed by atoms with Crippen molar-refractivity contribution in [3.05, 3.63) is 41.5 Å². The van der Waals surface area contributed by atoms with Crippen LogP contribution in [0.2, 0.25) is 0 Å². The molecule has 0 radical (unpaired) electrons. The predicted octanol–water partition coefficient (Wildman–Crippen LogP) is 1.42. The van der Waals surface area contributed by atoms with Gasteiger partial charge in [0.05, 0.1) is 13.0 Å². The van der Waals surface area contributed by atoms with Crippen LogP contribution in [0.15, 0.2) is 28.8 Å². The fourth-order valence-corrected chi connectivity index (χ4v) is 4.62. The lowest BCUT2D eigenvalue weighted by molar-refractivity contribution is -0.144. The maximum Gasteiger partial charge on any atom is 0.248 e. The molecule has 166 valence electrons. The zero-order valence-electron chi connectivity index (χ0n) is 18.2. The predicted molar refractivity (Wildman–Crippen MR) is 111 cm³/mol. The van der Waals surface area contributed by atoms with Crippen LogP contribution in [0, 0.1) is 12.3 Å². The van der Waals surface area contributed by atoms with Crippen LogP contribution in [0.25, 0.3) is 0 Å². The topological polar surface area (TPSA) is 98.0 Å². The second-order valence-corrected chi connectivity index (χ2v) is 8.40. The van der Waals surface area contributed by atoms with Gasteiger partial charge < -0.3 is 23.8 Å². The van der Waals surface area contributed by atoms with Gasteiger partial charge in [0.2, 0.25) is 17.7 Å². The number of amides is 2. The van der Waals surface area contributed by atoms with E-state index in [1.807, 2.05) is 29.2 Å². The number of ether oxygens (including phenoxy) is 2. The van der Waals surface area contributed by atoms with Gasteiger partial charge >= 0.3 is 0 Å². The van der Waals surface area contributed by atoms with Crippen LogP contribution < -0.4 is 4.74 Å². The minimum absolute atomic E-state index is 0.0366. The van der Waals surface area contributed by atoms with E-state index in [9.17, 15) is 9.59 Å². The molecule has 1 atom stereocenters. The lowest BCUT2D eigenvalue weighted by Gasteiger charge is -2.50. The van der Waals surface area contributed by atoms with Gasteiger partial charge in [-0.3, -0.25) is 9.59 Å². The third-order valence-electron chi connectivity index (χ3n) is 6.24. The highest BCUT2D eigenvalue weighted by Gasteiger charge is 2.58. The molecule has 2 amide bonds. The molecule has 2 aromatic rings. The van der Waals surface area contributed by atoms with E-state index >= 15 is 0 Å². The Morgan fingerprint density at radius 3 is 2.65 bits per heavy atom. The lowest BCUT2D eigenvalue weighted by Crippen LogP contribution is -2.61. The molecule has 0 saturated carbocycles. The summed E-state index contributed by atoms with van der Waals surface area (Å²) in [5.41, 5.74) is 0.813. The second-order valence-electron chi connectivity index (χ2n) is 8.40. The van der Waals surface area contributed by atoms with Crippen LogP contribution >= 0.6 is 0 Å². The van der Waals surface area contributed by atoms with Crippen molar-refractivity contribution in [2.45, 2.75) is 25.7 Å². The fraction of sp³-hybridized carbons (Fsp3) is 0.545. The van der Waals surface area contributed by atoms with Crippen molar-refractivity contribution in [2.75, 3.05) is 47.0 Å². The van der Waals surface area contributed by atoms with E-state index in [1.165, 1.54) is 7.11 Å². The van der Waals surface area contributed by atoms with Crippen LogP contribution in [-0.4, -0.2) is 78.8 Å². The third kappa shape index (κ3) is 4.27. The summed E-state index contributed by atoms with van der Waals surface area (Å²) in [5, 5.41) is 3.92. The van der Waals surface area contributed by atoms with Gasteiger partial charge in [-0.25, -0.2) is 0 Å². The molecule has 3 heterocycles. The van der Waals surface area contributed by atoms with Crippen molar-refractivity contribution >= 4 is 11.8 Å². The van der Waals surface area contributed by atoms with E-state index in [2.05, 4.69) is 10.1 Å². The minimum Gasteiger partial charge on any atom is -0.497 e. The number of likely N-dealkylation sites (tertiary alicyclic amines) is 2. The van der Waals surface area contributed by atoms with E-state index in [1.54, 1.807) is 18.9 Å². The number of hydrogen-bond acceptors (Lipinski definition) is 7. The number of hydrogen-bond donors (Lipinski definition) is 0. The highest BCUT2D eigenvalue weighted by molar-refractivity contribution is 5.79. The van der Waals surface area contributed by atoms with E-state index in [4.69, 9.17) is 14.0 Å². The molecule has 9 nitrogen and oxygen atoms in total. The summed E-state index contributed by atoms with van der Waals surface area (Å²) in [5.74, 6) is 1.85. The Bertz CT molecular complexity index is 953. The van der Waals surface area contributed by atoms with Crippen molar-refractivity contribution < 1.29 is 23.6 Å². The molecule has 0 aliphatic carbocycles. The Kier molecular flexibility index (Phi) is 5.95. The van der Waals surface area contributed by atoms with Gasteiger partial charge in [0, 0.05) is 45.1 Å². The van der Waals surface area contributed by atoms with Crippen LogP contribution in [0.5, 0.6) is 5.75 Å². The molecule has 4 rings (SSSR count). The number of benzene rings is 1. The molecule has 2 fully saturated rings. The van der Waals surface area contributed by atoms with Gasteiger partial charge in [-0.1, -0.05) is 17.3 Å². The van der Waals surface area contributed by atoms with Gasteiger partial charge in [0.15, 0.2) is 5.82 Å². The van der Waals surface area contributed by atoms with Gasteiger partial charge in [0.1, 0.15) is 12.4 Å². The van der Waals surface area contributed by atoms with Crippen molar-refractivity contribution in [3.8, 4) is 5.75 Å². The summed E-state index contributed by atoms with van der Waals surface area (Å²) in [6.07, 6.45) is 1.09. The van der Waals surface area contributed by atoms with Crippen LogP contribution in [0.1, 0.15) is 29.6 Å². The summed E-state index contributed by atoms with van der Waals surface area (Å²) in [7, 11) is 3.14. The average molecular weight is 428 g/mol. The molecule has 9 heteroatoms. The van der Waals surface area contributed by atoms with E-state index in [0.29, 0.717) is 50.7 Å². The maximum atomic E-state index is 12.8. The standard InChI is InChI=1S/C22H28N4O5/c1-15-23-21(31-24-15)18-10-25(20(28)11-29-2)12-22(18)13-26(14-22)19(27)8-7-16-5-4-6-17(9-16)30-3/h4-6,9,18H,7-8,10-14H2,1-3H3. The summed E-state index contributed by atoms with van der Waals surface area (Å²) in [6.45, 7) is 4.02. The number of aromatic nitrogens is 2. The van der Waals surface area contributed by atoms with Gasteiger partial charge in [-0.05, 0) is 31.0 Å². The molecule has 2 aliphatic heterocycles. The zero-order chi connectivity index (χ0) is 22.0. The Hall–Kier alpha value is -2.94. The summed E-state index contributed by atoms with van der Waals surface area (Å²) in [6, 6.07) is 7.77. The average Bonchev–Trinajstić information content (AvgIpc) is 3.35. The zero-order valence-corrected chi connectivity index (χ0v) is 18.2. The van der Waals surface area contributed by atoms with E-state index < -0.39 is 0 Å². The smallest absolute Gasteiger partial charge is 0.248 e. The van der Waals surface area contributed by atoms with Crippen molar-refractivity contribution in [1.82, 2.24) is 19.9 Å². The number of carbonyl (C=O) groups is 2. The van der Waals surface area contributed by atoms with Crippen molar-refractivity contribution in [3.63, 3.8) is 0 Å². The Labute approximate surface area is 181 Å². The highest BCUT2D eigenvalue weighted by atomic mass is 16.5. The quantitative estimate of drug-likeness (QED) is 0.658. The summed E-state index contributed by atoms with van der Waals surface area (Å²) >= 11 is 0. The molecule has 1 aromatic carbocycles. The maximum absolute atomic E-state index is 12.8. The first-order chi connectivity index (χ1) is 14.9. The normalized spacial score (nSPS) is 19.5. The van der Waals surface area contributed by atoms with Gasteiger partial charge in [0.25, 0.3) is 0 Å². The molecule has 1 spiro atoms. The van der Waals surface area contributed by atoms with Gasteiger partial charge in [-0.15, -0.1) is 0 Å². The van der Waals surface area contributed by atoms with Crippen LogP contribution in [-0.2, 0) is 20.7 Å². The molecular formula is C22H28N4O5. The van der Waals surface area contributed by atoms with Crippen LogP contribution in [0.3, 0.4) is 0 Å². The van der Waals surface area contributed by atoms with E-state index in [-0.39, 0.29) is 29.8 Å². The number of carbonyl (C=O) groups excluding carboxylic acids is 2. The monoisotopic (exact) mass is 428 g/mol. The Morgan fingerprint density at radius 2 is 1.97 bits per heavy atom. The van der Waals surface area contributed by atoms with Crippen molar-refractivity contribution in [2.24, 2.45) is 5.41 Å². The highest BCUT2D eigenvalue weighted by Crippen LogP contribution is 2.49. The SMILES string of the molecule is COCC(=O)N1CC(c2nc(C)no2)C2(C1)CN(C(=O)CCc1cccc(OC)c1)C2. The fourth-order valence-electron chi connectivity index (χ4n) is 4.62. The first kappa shape index (κ1) is 21.3. The molecule has 31 heavy (non-hydrogen) atoms. The molecular weight excluding hydrogens is 400 g/mol. The molecule has 2 aliphatic rings. The molecule has 2 saturated heterocycles. The molecule has 0 N–H and O–H groups in total. The first-order valence-corrected chi connectivity index (χ1v) is 10.4. The minimum atomic E-state index is -0.256.